The topological polar surface area (TPSA) is 70.6 Å². The van der Waals surface area contributed by atoms with Gasteiger partial charge in [-0.05, 0) is 45.4 Å². The molecule has 21 heavy (non-hydrogen) atoms. The Balaban J connectivity index is 3.98. The highest BCUT2D eigenvalue weighted by Crippen LogP contribution is 2.18. The number of alkyl carbamates (subject to hydrolysis) is 1. The minimum atomic E-state index is -0.458. The van der Waals surface area contributed by atoms with E-state index in [0.717, 1.165) is 25.8 Å². The molecule has 0 saturated carbocycles. The van der Waals surface area contributed by atoms with Crippen molar-refractivity contribution in [1.29, 1.82) is 0 Å². The van der Waals surface area contributed by atoms with E-state index >= 15 is 0 Å². The lowest BCUT2D eigenvalue weighted by atomic mass is 9.89. The molecule has 0 aliphatic heterocycles. The van der Waals surface area contributed by atoms with Crippen molar-refractivity contribution in [2.75, 3.05) is 19.7 Å². The second kappa shape index (κ2) is 9.26. The molecule has 1 atom stereocenters. The third-order valence-corrected chi connectivity index (χ3v) is 3.31. The minimum Gasteiger partial charge on any atom is -0.444 e. The van der Waals surface area contributed by atoms with Gasteiger partial charge in [0, 0.05) is 25.7 Å². The number of hydrogen-bond acceptors (Lipinski definition) is 4. The first-order valence-corrected chi connectivity index (χ1v) is 7.91. The van der Waals surface area contributed by atoms with Gasteiger partial charge in [0.05, 0.1) is 0 Å². The summed E-state index contributed by atoms with van der Waals surface area (Å²) in [6, 6.07) is 0.359. The molecule has 0 bridgehead atoms. The second-order valence-corrected chi connectivity index (χ2v) is 7.34. The van der Waals surface area contributed by atoms with Crippen molar-refractivity contribution < 1.29 is 14.6 Å². The van der Waals surface area contributed by atoms with E-state index in [9.17, 15) is 4.79 Å². The van der Waals surface area contributed by atoms with Crippen LogP contribution in [0.4, 0.5) is 4.79 Å². The van der Waals surface area contributed by atoms with E-state index in [1.54, 1.807) is 0 Å². The zero-order valence-corrected chi connectivity index (χ0v) is 14.6. The van der Waals surface area contributed by atoms with Gasteiger partial charge in [0.2, 0.25) is 0 Å². The van der Waals surface area contributed by atoms with E-state index < -0.39 is 5.60 Å². The highest BCUT2D eigenvalue weighted by atomic mass is 16.6. The normalized spacial score (nSPS) is 13.9. The predicted octanol–water partition coefficient (Wildman–Crippen LogP) is 2.68. The Hall–Kier alpha value is -0.810. The lowest BCUT2D eigenvalue weighted by molar-refractivity contribution is 0.0525. The molecule has 0 aliphatic carbocycles. The summed E-state index contributed by atoms with van der Waals surface area (Å²) in [5.41, 5.74) is -0.373. The van der Waals surface area contributed by atoms with Gasteiger partial charge in [-0.2, -0.15) is 0 Å². The highest BCUT2D eigenvalue weighted by Gasteiger charge is 2.19. The second-order valence-electron chi connectivity index (χ2n) is 7.34. The van der Waals surface area contributed by atoms with Crippen LogP contribution < -0.4 is 10.6 Å². The van der Waals surface area contributed by atoms with E-state index in [0.29, 0.717) is 12.6 Å². The van der Waals surface area contributed by atoms with Crippen molar-refractivity contribution in [2.45, 2.75) is 72.4 Å². The number of aliphatic hydroxyl groups is 1. The number of rotatable bonds is 9. The summed E-state index contributed by atoms with van der Waals surface area (Å²) in [5.74, 6) is 0. The summed E-state index contributed by atoms with van der Waals surface area (Å²) in [6.07, 6.45) is 2.29. The van der Waals surface area contributed by atoms with E-state index in [2.05, 4.69) is 31.4 Å². The van der Waals surface area contributed by atoms with Crippen molar-refractivity contribution in [2.24, 2.45) is 5.41 Å². The van der Waals surface area contributed by atoms with Gasteiger partial charge in [-0.15, -0.1) is 0 Å². The van der Waals surface area contributed by atoms with Crippen LogP contribution in [0.3, 0.4) is 0 Å². The number of carbonyl (C=O) groups is 1. The van der Waals surface area contributed by atoms with E-state index in [1.807, 2.05) is 20.8 Å². The maximum Gasteiger partial charge on any atom is 0.407 e. The third kappa shape index (κ3) is 11.5. The molecular formula is C16H34N2O3. The zero-order chi connectivity index (χ0) is 16.5. The number of carbonyl (C=O) groups excluding carboxylic acids is 1. The van der Waals surface area contributed by atoms with Crippen LogP contribution in [-0.4, -0.2) is 42.5 Å². The van der Waals surface area contributed by atoms with Crippen LogP contribution in [0, 0.1) is 5.41 Å². The standard InChI is InChI=1S/C16H34N2O3/c1-7-13(18-12-16(5,6)9-11-19)8-10-17-14(20)21-15(2,3)4/h13,18-19H,7-12H2,1-6H3,(H,17,20). The van der Waals surface area contributed by atoms with Crippen molar-refractivity contribution >= 4 is 6.09 Å². The number of amides is 1. The van der Waals surface area contributed by atoms with Crippen LogP contribution in [-0.2, 0) is 4.74 Å². The van der Waals surface area contributed by atoms with Crippen LogP contribution in [0.2, 0.25) is 0 Å². The van der Waals surface area contributed by atoms with E-state index in [-0.39, 0.29) is 18.1 Å². The van der Waals surface area contributed by atoms with Gasteiger partial charge in [-0.1, -0.05) is 20.8 Å². The van der Waals surface area contributed by atoms with Crippen LogP contribution in [0.5, 0.6) is 0 Å². The Kier molecular flexibility index (Phi) is 8.90. The molecule has 0 radical (unpaired) electrons. The molecule has 0 rings (SSSR count). The van der Waals surface area contributed by atoms with Crippen molar-refractivity contribution in [3.8, 4) is 0 Å². The molecule has 0 saturated heterocycles. The quantitative estimate of drug-likeness (QED) is 0.612. The lowest BCUT2D eigenvalue weighted by Gasteiger charge is -2.27. The van der Waals surface area contributed by atoms with Gasteiger partial charge < -0.3 is 20.5 Å². The van der Waals surface area contributed by atoms with Crippen LogP contribution >= 0.6 is 0 Å². The van der Waals surface area contributed by atoms with Gasteiger partial charge in [0.25, 0.3) is 0 Å². The molecule has 0 heterocycles. The molecule has 0 aromatic heterocycles. The molecular weight excluding hydrogens is 268 g/mol. The maximum absolute atomic E-state index is 11.5. The summed E-state index contributed by atoms with van der Waals surface area (Å²) in [7, 11) is 0. The van der Waals surface area contributed by atoms with Crippen LogP contribution in [0.15, 0.2) is 0 Å². The average molecular weight is 302 g/mol. The fourth-order valence-electron chi connectivity index (χ4n) is 1.92. The first kappa shape index (κ1) is 20.2. The number of ether oxygens (including phenoxy) is 1. The van der Waals surface area contributed by atoms with Gasteiger partial charge in [-0.25, -0.2) is 4.79 Å². The number of nitrogens with one attached hydrogen (secondary N) is 2. The zero-order valence-electron chi connectivity index (χ0n) is 14.6. The summed E-state index contributed by atoms with van der Waals surface area (Å²) in [4.78, 5) is 11.5. The van der Waals surface area contributed by atoms with Crippen molar-refractivity contribution in [3.05, 3.63) is 0 Å². The monoisotopic (exact) mass is 302 g/mol. The Labute approximate surface area is 129 Å². The minimum absolute atomic E-state index is 0.0841. The molecule has 1 amide bonds. The first-order valence-electron chi connectivity index (χ1n) is 7.91. The summed E-state index contributed by atoms with van der Waals surface area (Å²) >= 11 is 0. The Bertz CT molecular complexity index is 298. The molecule has 5 heteroatoms. The maximum atomic E-state index is 11.5. The average Bonchev–Trinajstić information content (AvgIpc) is 2.31. The Morgan fingerprint density at radius 3 is 2.33 bits per heavy atom. The molecule has 0 aliphatic rings. The van der Waals surface area contributed by atoms with E-state index in [1.165, 1.54) is 0 Å². The lowest BCUT2D eigenvalue weighted by Crippen LogP contribution is -2.40. The Morgan fingerprint density at radius 2 is 1.86 bits per heavy atom. The molecule has 0 spiro atoms. The van der Waals surface area contributed by atoms with Crippen LogP contribution in [0.25, 0.3) is 0 Å². The molecule has 0 fully saturated rings. The van der Waals surface area contributed by atoms with Gasteiger partial charge in [0.1, 0.15) is 5.60 Å². The van der Waals surface area contributed by atoms with Gasteiger partial charge in [-0.3, -0.25) is 0 Å². The number of aliphatic hydroxyl groups excluding tert-OH is 1. The fraction of sp³-hybridized carbons (Fsp3) is 0.938. The largest absolute Gasteiger partial charge is 0.444 e. The Morgan fingerprint density at radius 1 is 1.24 bits per heavy atom. The molecule has 3 N–H and O–H groups in total. The fourth-order valence-corrected chi connectivity index (χ4v) is 1.92. The van der Waals surface area contributed by atoms with Gasteiger partial charge in [0.15, 0.2) is 0 Å². The molecule has 1 unspecified atom stereocenters. The smallest absolute Gasteiger partial charge is 0.407 e. The summed E-state index contributed by atoms with van der Waals surface area (Å²) in [5, 5.41) is 15.3. The third-order valence-electron chi connectivity index (χ3n) is 3.31. The molecule has 0 aromatic carbocycles. The van der Waals surface area contributed by atoms with Crippen LogP contribution in [0.1, 0.15) is 60.8 Å². The van der Waals surface area contributed by atoms with Crippen molar-refractivity contribution in [1.82, 2.24) is 10.6 Å². The SMILES string of the molecule is CCC(CCNC(=O)OC(C)(C)C)NCC(C)(C)CCO. The highest BCUT2D eigenvalue weighted by molar-refractivity contribution is 5.67. The van der Waals surface area contributed by atoms with Crippen molar-refractivity contribution in [3.63, 3.8) is 0 Å². The predicted molar refractivity (Wildman–Crippen MR) is 86.4 cm³/mol. The first-order chi connectivity index (χ1) is 9.59. The molecule has 126 valence electrons. The van der Waals surface area contributed by atoms with E-state index in [4.69, 9.17) is 9.84 Å². The molecule has 0 aromatic rings. The summed E-state index contributed by atoms with van der Waals surface area (Å²) in [6.45, 7) is 13.6. The van der Waals surface area contributed by atoms with Gasteiger partial charge >= 0.3 is 6.09 Å². The number of hydrogen-bond donors (Lipinski definition) is 3. The molecule has 5 nitrogen and oxygen atoms in total. The summed E-state index contributed by atoms with van der Waals surface area (Å²) < 4.78 is 5.20.